The monoisotopic (exact) mass is 292 g/mol. The SMILES string of the molecule is CCc1ccccc1NC(=O)CCNC(=O)OC(C)(C)C. The van der Waals surface area contributed by atoms with E-state index in [9.17, 15) is 9.59 Å². The van der Waals surface area contributed by atoms with Crippen LogP contribution in [-0.2, 0) is 16.0 Å². The lowest BCUT2D eigenvalue weighted by atomic mass is 10.1. The van der Waals surface area contributed by atoms with Gasteiger partial charge in [-0.2, -0.15) is 0 Å². The molecule has 0 radical (unpaired) electrons. The van der Waals surface area contributed by atoms with Gasteiger partial charge in [-0.15, -0.1) is 0 Å². The molecular weight excluding hydrogens is 268 g/mol. The van der Waals surface area contributed by atoms with E-state index in [0.29, 0.717) is 0 Å². The van der Waals surface area contributed by atoms with Crippen molar-refractivity contribution in [2.75, 3.05) is 11.9 Å². The highest BCUT2D eigenvalue weighted by molar-refractivity contribution is 5.91. The van der Waals surface area contributed by atoms with Crippen LogP contribution < -0.4 is 10.6 Å². The number of carbonyl (C=O) groups is 2. The number of para-hydroxylation sites is 1. The Morgan fingerprint density at radius 1 is 1.19 bits per heavy atom. The highest BCUT2D eigenvalue weighted by atomic mass is 16.6. The third-order valence-corrected chi connectivity index (χ3v) is 2.69. The Bertz CT molecular complexity index is 493. The molecule has 21 heavy (non-hydrogen) atoms. The third-order valence-electron chi connectivity index (χ3n) is 2.69. The Morgan fingerprint density at radius 3 is 2.48 bits per heavy atom. The van der Waals surface area contributed by atoms with Crippen molar-refractivity contribution < 1.29 is 14.3 Å². The van der Waals surface area contributed by atoms with E-state index in [-0.39, 0.29) is 18.9 Å². The molecule has 0 atom stereocenters. The molecule has 0 saturated heterocycles. The minimum Gasteiger partial charge on any atom is -0.444 e. The summed E-state index contributed by atoms with van der Waals surface area (Å²) in [6.45, 7) is 7.66. The maximum Gasteiger partial charge on any atom is 0.407 e. The molecule has 1 aromatic carbocycles. The van der Waals surface area contributed by atoms with Gasteiger partial charge < -0.3 is 15.4 Å². The van der Waals surface area contributed by atoms with Crippen LogP contribution in [0.25, 0.3) is 0 Å². The van der Waals surface area contributed by atoms with Crippen LogP contribution in [0.5, 0.6) is 0 Å². The Balaban J connectivity index is 2.36. The van der Waals surface area contributed by atoms with E-state index in [2.05, 4.69) is 10.6 Å². The van der Waals surface area contributed by atoms with E-state index >= 15 is 0 Å². The zero-order valence-electron chi connectivity index (χ0n) is 13.2. The first kappa shape index (κ1) is 17.0. The Morgan fingerprint density at radius 2 is 1.86 bits per heavy atom. The minimum atomic E-state index is -0.535. The lowest BCUT2D eigenvalue weighted by molar-refractivity contribution is -0.116. The smallest absolute Gasteiger partial charge is 0.407 e. The fraction of sp³-hybridized carbons (Fsp3) is 0.500. The van der Waals surface area contributed by atoms with Gasteiger partial charge in [0.2, 0.25) is 5.91 Å². The number of hydrogen-bond acceptors (Lipinski definition) is 3. The molecule has 2 N–H and O–H groups in total. The molecule has 0 aliphatic rings. The lowest BCUT2D eigenvalue weighted by Crippen LogP contribution is -2.34. The second kappa shape index (κ2) is 7.67. The summed E-state index contributed by atoms with van der Waals surface area (Å²) >= 11 is 0. The van der Waals surface area contributed by atoms with E-state index in [1.165, 1.54) is 0 Å². The molecule has 0 saturated carbocycles. The molecule has 1 rings (SSSR count). The first-order valence-electron chi connectivity index (χ1n) is 7.16. The van der Waals surface area contributed by atoms with E-state index in [1.807, 2.05) is 31.2 Å². The number of aryl methyl sites for hydroxylation is 1. The van der Waals surface area contributed by atoms with Crippen LogP contribution >= 0.6 is 0 Å². The molecule has 116 valence electrons. The number of carbonyl (C=O) groups excluding carboxylic acids is 2. The second-order valence-electron chi connectivity index (χ2n) is 5.74. The number of rotatable bonds is 5. The van der Waals surface area contributed by atoms with Gasteiger partial charge in [0.25, 0.3) is 0 Å². The van der Waals surface area contributed by atoms with Gasteiger partial charge in [-0.25, -0.2) is 4.79 Å². The minimum absolute atomic E-state index is 0.132. The van der Waals surface area contributed by atoms with Crippen LogP contribution in [0.1, 0.15) is 39.7 Å². The van der Waals surface area contributed by atoms with Gasteiger partial charge in [-0.3, -0.25) is 4.79 Å². The molecule has 5 heteroatoms. The summed E-state index contributed by atoms with van der Waals surface area (Å²) in [4.78, 5) is 23.3. The first-order chi connectivity index (χ1) is 9.81. The van der Waals surface area contributed by atoms with Gasteiger partial charge >= 0.3 is 6.09 Å². The van der Waals surface area contributed by atoms with Crippen LogP contribution in [0.15, 0.2) is 24.3 Å². The highest BCUT2D eigenvalue weighted by Crippen LogP contribution is 2.15. The van der Waals surface area contributed by atoms with E-state index < -0.39 is 11.7 Å². The maximum absolute atomic E-state index is 11.8. The van der Waals surface area contributed by atoms with Gasteiger partial charge in [0, 0.05) is 18.7 Å². The van der Waals surface area contributed by atoms with Gasteiger partial charge in [0.15, 0.2) is 0 Å². The fourth-order valence-corrected chi connectivity index (χ4v) is 1.76. The molecular formula is C16H24N2O3. The number of alkyl carbamates (subject to hydrolysis) is 1. The molecule has 0 aliphatic heterocycles. The molecule has 0 spiro atoms. The van der Waals surface area contributed by atoms with Crippen molar-refractivity contribution in [3.05, 3.63) is 29.8 Å². The molecule has 5 nitrogen and oxygen atoms in total. The molecule has 0 unspecified atom stereocenters. The Kier molecular flexibility index (Phi) is 6.21. The molecule has 0 aromatic heterocycles. The average molecular weight is 292 g/mol. The summed E-state index contributed by atoms with van der Waals surface area (Å²) < 4.78 is 5.09. The molecule has 1 aromatic rings. The topological polar surface area (TPSA) is 67.4 Å². The molecule has 0 heterocycles. The normalized spacial score (nSPS) is 10.9. The Labute approximate surface area is 126 Å². The van der Waals surface area contributed by atoms with Crippen LogP contribution in [0.4, 0.5) is 10.5 Å². The molecule has 2 amide bonds. The van der Waals surface area contributed by atoms with Crippen molar-refractivity contribution in [3.63, 3.8) is 0 Å². The van der Waals surface area contributed by atoms with Crippen molar-refractivity contribution in [1.82, 2.24) is 5.32 Å². The number of hydrogen-bond donors (Lipinski definition) is 2. The Hall–Kier alpha value is -2.04. The van der Waals surface area contributed by atoms with Gasteiger partial charge in [-0.05, 0) is 38.8 Å². The quantitative estimate of drug-likeness (QED) is 0.876. The largest absolute Gasteiger partial charge is 0.444 e. The van der Waals surface area contributed by atoms with Crippen LogP contribution in [0.3, 0.4) is 0 Å². The van der Waals surface area contributed by atoms with Gasteiger partial charge in [0.1, 0.15) is 5.60 Å². The highest BCUT2D eigenvalue weighted by Gasteiger charge is 2.15. The predicted octanol–water partition coefficient (Wildman–Crippen LogP) is 3.10. The van der Waals surface area contributed by atoms with Gasteiger partial charge in [-0.1, -0.05) is 25.1 Å². The summed E-state index contributed by atoms with van der Waals surface area (Å²) in [7, 11) is 0. The molecule has 0 fully saturated rings. The van der Waals surface area contributed by atoms with Crippen LogP contribution in [-0.4, -0.2) is 24.1 Å². The van der Waals surface area contributed by atoms with Crippen LogP contribution in [0, 0.1) is 0 Å². The van der Waals surface area contributed by atoms with E-state index in [1.54, 1.807) is 20.8 Å². The average Bonchev–Trinajstić information content (AvgIpc) is 2.37. The summed E-state index contributed by atoms with van der Waals surface area (Å²) in [6.07, 6.45) is 0.549. The number of nitrogens with one attached hydrogen (secondary N) is 2. The number of amides is 2. The van der Waals surface area contributed by atoms with Crippen molar-refractivity contribution in [3.8, 4) is 0 Å². The molecule has 0 aliphatic carbocycles. The number of benzene rings is 1. The summed E-state index contributed by atoms with van der Waals surface area (Å²) in [5.74, 6) is -0.132. The summed E-state index contributed by atoms with van der Waals surface area (Å²) in [5, 5.41) is 5.41. The van der Waals surface area contributed by atoms with Crippen molar-refractivity contribution in [1.29, 1.82) is 0 Å². The standard InChI is InChI=1S/C16H24N2O3/c1-5-12-8-6-7-9-13(12)18-14(19)10-11-17-15(20)21-16(2,3)4/h6-9H,5,10-11H2,1-4H3,(H,17,20)(H,18,19). The number of ether oxygens (including phenoxy) is 1. The summed E-state index contributed by atoms with van der Waals surface area (Å²) in [5.41, 5.74) is 1.38. The number of anilines is 1. The molecule has 0 bridgehead atoms. The van der Waals surface area contributed by atoms with Gasteiger partial charge in [0.05, 0.1) is 0 Å². The predicted molar refractivity (Wildman–Crippen MR) is 83.3 cm³/mol. The van der Waals surface area contributed by atoms with E-state index in [0.717, 1.165) is 17.7 Å². The van der Waals surface area contributed by atoms with Crippen molar-refractivity contribution in [2.24, 2.45) is 0 Å². The first-order valence-corrected chi connectivity index (χ1v) is 7.16. The summed E-state index contributed by atoms with van der Waals surface area (Å²) in [6, 6.07) is 7.68. The second-order valence-corrected chi connectivity index (χ2v) is 5.74. The zero-order valence-corrected chi connectivity index (χ0v) is 13.2. The van der Waals surface area contributed by atoms with Crippen LogP contribution in [0.2, 0.25) is 0 Å². The fourth-order valence-electron chi connectivity index (χ4n) is 1.76. The van der Waals surface area contributed by atoms with Crippen molar-refractivity contribution in [2.45, 2.75) is 46.1 Å². The maximum atomic E-state index is 11.8. The lowest BCUT2D eigenvalue weighted by Gasteiger charge is -2.19. The third kappa shape index (κ3) is 6.79. The van der Waals surface area contributed by atoms with E-state index in [4.69, 9.17) is 4.74 Å². The zero-order chi connectivity index (χ0) is 15.9. The van der Waals surface area contributed by atoms with Crippen molar-refractivity contribution >= 4 is 17.7 Å².